The normalized spacial score (nSPS) is 19.6. The molecule has 2 N–H and O–H groups in total. The van der Waals surface area contributed by atoms with Crippen molar-refractivity contribution in [3.63, 3.8) is 0 Å². The lowest BCUT2D eigenvalue weighted by atomic mass is 9.80. The molecule has 110 valence electrons. The first kappa shape index (κ1) is 15.0. The number of methoxy groups -OCH3 is 1. The van der Waals surface area contributed by atoms with E-state index in [9.17, 15) is 4.79 Å². The molecule has 0 spiro atoms. The Kier molecular flexibility index (Phi) is 4.78. The third-order valence-corrected chi connectivity index (χ3v) is 4.34. The number of nitrogens with two attached hydrogens (primary N) is 1. The first-order valence-electron chi connectivity index (χ1n) is 7.16. The average molecular weight is 276 g/mol. The Morgan fingerprint density at radius 2 is 1.95 bits per heavy atom. The summed E-state index contributed by atoms with van der Waals surface area (Å²) < 4.78 is 5.41. The molecule has 1 aliphatic heterocycles. The first-order chi connectivity index (χ1) is 9.59. The van der Waals surface area contributed by atoms with Gasteiger partial charge in [-0.2, -0.15) is 0 Å². The molecule has 1 saturated heterocycles. The number of ether oxygens (including phenoxy) is 1. The largest absolute Gasteiger partial charge is 0.367 e. The minimum atomic E-state index is -0.501. The van der Waals surface area contributed by atoms with Crippen LogP contribution in [0.15, 0.2) is 30.3 Å². The van der Waals surface area contributed by atoms with E-state index in [1.54, 1.807) is 7.11 Å². The third-order valence-electron chi connectivity index (χ3n) is 4.34. The zero-order valence-electron chi connectivity index (χ0n) is 12.3. The van der Waals surface area contributed by atoms with Gasteiger partial charge in [-0.3, -0.25) is 4.79 Å². The molecule has 0 aromatic heterocycles. The molecule has 1 heterocycles. The summed E-state index contributed by atoms with van der Waals surface area (Å²) in [6.45, 7) is 4.40. The van der Waals surface area contributed by atoms with Gasteiger partial charge in [0.2, 0.25) is 0 Å². The van der Waals surface area contributed by atoms with Crippen LogP contribution in [0.4, 0.5) is 0 Å². The van der Waals surface area contributed by atoms with Crippen molar-refractivity contribution in [2.45, 2.75) is 25.9 Å². The Balaban J connectivity index is 2.04. The van der Waals surface area contributed by atoms with Crippen molar-refractivity contribution in [1.29, 1.82) is 0 Å². The van der Waals surface area contributed by atoms with Crippen LogP contribution in [0.5, 0.6) is 0 Å². The van der Waals surface area contributed by atoms with Gasteiger partial charge in [-0.15, -0.1) is 0 Å². The monoisotopic (exact) mass is 276 g/mol. The molecule has 1 amide bonds. The highest BCUT2D eigenvalue weighted by Gasteiger charge is 2.33. The van der Waals surface area contributed by atoms with E-state index in [-0.39, 0.29) is 11.3 Å². The maximum absolute atomic E-state index is 12.6. The molecule has 2 rings (SSSR count). The summed E-state index contributed by atoms with van der Waals surface area (Å²) >= 11 is 0. The van der Waals surface area contributed by atoms with E-state index in [4.69, 9.17) is 10.5 Å². The van der Waals surface area contributed by atoms with E-state index in [1.807, 2.05) is 35.2 Å². The molecule has 1 fully saturated rings. The van der Waals surface area contributed by atoms with Gasteiger partial charge in [0.05, 0.1) is 0 Å². The van der Waals surface area contributed by atoms with Gasteiger partial charge in [-0.05, 0) is 30.4 Å². The van der Waals surface area contributed by atoms with Gasteiger partial charge in [0.1, 0.15) is 0 Å². The summed E-state index contributed by atoms with van der Waals surface area (Å²) in [5.74, 6) is 0.0535. The van der Waals surface area contributed by atoms with Gasteiger partial charge < -0.3 is 15.4 Å². The van der Waals surface area contributed by atoms with Crippen molar-refractivity contribution in [2.24, 2.45) is 11.1 Å². The molecule has 1 aromatic carbocycles. The number of hydrogen-bond donors (Lipinski definition) is 1. The smallest absolute Gasteiger partial charge is 0.256 e. The summed E-state index contributed by atoms with van der Waals surface area (Å²) in [6, 6.07) is 9.65. The van der Waals surface area contributed by atoms with Crippen molar-refractivity contribution >= 4 is 5.91 Å². The number of carbonyl (C=O) groups is 1. The van der Waals surface area contributed by atoms with Crippen LogP contribution in [0.25, 0.3) is 0 Å². The van der Waals surface area contributed by atoms with E-state index in [0.717, 1.165) is 31.5 Å². The van der Waals surface area contributed by atoms with Crippen LogP contribution in [-0.4, -0.2) is 37.6 Å². The second-order valence-corrected chi connectivity index (χ2v) is 5.87. The summed E-state index contributed by atoms with van der Waals surface area (Å²) in [4.78, 5) is 14.5. The molecule has 0 saturated carbocycles. The molecule has 0 aliphatic carbocycles. The van der Waals surface area contributed by atoms with Crippen molar-refractivity contribution in [3.8, 4) is 0 Å². The van der Waals surface area contributed by atoms with Gasteiger partial charge in [-0.25, -0.2) is 0 Å². The average Bonchev–Trinajstić information content (AvgIpc) is 2.50. The lowest BCUT2D eigenvalue weighted by Crippen LogP contribution is -2.46. The minimum Gasteiger partial charge on any atom is -0.367 e. The topological polar surface area (TPSA) is 55.6 Å². The molecule has 4 heteroatoms. The summed E-state index contributed by atoms with van der Waals surface area (Å²) in [6.07, 6.45) is 1.42. The Hall–Kier alpha value is -1.39. The number of carbonyl (C=O) groups excluding carboxylic acids is 1. The zero-order chi connectivity index (χ0) is 14.6. The maximum atomic E-state index is 12.6. The fourth-order valence-corrected chi connectivity index (χ4v) is 2.64. The summed E-state index contributed by atoms with van der Waals surface area (Å²) in [7, 11) is 1.59. The van der Waals surface area contributed by atoms with E-state index < -0.39 is 6.10 Å². The van der Waals surface area contributed by atoms with Gasteiger partial charge in [0.15, 0.2) is 6.10 Å². The molecule has 1 aromatic rings. The second-order valence-electron chi connectivity index (χ2n) is 5.87. The van der Waals surface area contributed by atoms with Crippen LogP contribution >= 0.6 is 0 Å². The lowest BCUT2D eigenvalue weighted by molar-refractivity contribution is -0.144. The van der Waals surface area contributed by atoms with Crippen LogP contribution in [0.3, 0.4) is 0 Å². The van der Waals surface area contributed by atoms with Gasteiger partial charge >= 0.3 is 0 Å². The predicted molar refractivity (Wildman–Crippen MR) is 79.2 cm³/mol. The molecule has 20 heavy (non-hydrogen) atoms. The lowest BCUT2D eigenvalue weighted by Gasteiger charge is -2.39. The Labute approximate surface area is 120 Å². The van der Waals surface area contributed by atoms with Crippen LogP contribution in [0.2, 0.25) is 0 Å². The van der Waals surface area contributed by atoms with E-state index in [0.29, 0.717) is 6.54 Å². The number of piperidine rings is 1. The zero-order valence-corrected chi connectivity index (χ0v) is 12.3. The fourth-order valence-electron chi connectivity index (χ4n) is 2.64. The predicted octanol–water partition coefficient (Wildman–Crippen LogP) is 1.96. The summed E-state index contributed by atoms with van der Waals surface area (Å²) in [5.41, 5.74) is 6.89. The van der Waals surface area contributed by atoms with Crippen molar-refractivity contribution in [1.82, 2.24) is 4.90 Å². The Bertz CT molecular complexity index is 439. The molecular formula is C16H24N2O2. The molecule has 1 atom stereocenters. The highest BCUT2D eigenvalue weighted by atomic mass is 16.5. The first-order valence-corrected chi connectivity index (χ1v) is 7.16. The van der Waals surface area contributed by atoms with E-state index >= 15 is 0 Å². The molecular weight excluding hydrogens is 252 g/mol. The number of hydrogen-bond acceptors (Lipinski definition) is 3. The number of amides is 1. The Morgan fingerprint density at radius 1 is 1.35 bits per heavy atom. The van der Waals surface area contributed by atoms with Crippen LogP contribution < -0.4 is 5.73 Å². The van der Waals surface area contributed by atoms with Crippen molar-refractivity contribution in [3.05, 3.63) is 35.9 Å². The van der Waals surface area contributed by atoms with Crippen LogP contribution in [-0.2, 0) is 9.53 Å². The fraction of sp³-hybridized carbons (Fsp3) is 0.562. The van der Waals surface area contributed by atoms with Gasteiger partial charge in [-0.1, -0.05) is 37.3 Å². The number of nitrogens with zero attached hydrogens (tertiary/aromatic N) is 1. The third kappa shape index (κ3) is 3.19. The van der Waals surface area contributed by atoms with Crippen LogP contribution in [0.1, 0.15) is 31.4 Å². The summed E-state index contributed by atoms with van der Waals surface area (Å²) in [5, 5.41) is 0. The van der Waals surface area contributed by atoms with Crippen molar-refractivity contribution in [2.75, 3.05) is 26.7 Å². The SMILES string of the molecule is COC(C(=O)N1CCC(C)(CN)CC1)c1ccccc1. The van der Waals surface area contributed by atoms with Gasteiger partial charge in [0, 0.05) is 20.2 Å². The molecule has 0 radical (unpaired) electrons. The van der Waals surface area contributed by atoms with E-state index in [2.05, 4.69) is 6.92 Å². The number of likely N-dealkylation sites (tertiary alicyclic amines) is 1. The highest BCUT2D eigenvalue weighted by molar-refractivity contribution is 5.82. The van der Waals surface area contributed by atoms with Crippen molar-refractivity contribution < 1.29 is 9.53 Å². The number of rotatable bonds is 4. The highest BCUT2D eigenvalue weighted by Crippen LogP contribution is 2.31. The van der Waals surface area contributed by atoms with E-state index in [1.165, 1.54) is 0 Å². The maximum Gasteiger partial charge on any atom is 0.256 e. The standard InChI is InChI=1S/C16H24N2O2/c1-16(12-17)8-10-18(11-9-16)15(19)14(20-2)13-6-4-3-5-7-13/h3-7,14H,8-12,17H2,1-2H3. The quantitative estimate of drug-likeness (QED) is 0.914. The van der Waals surface area contributed by atoms with Crippen LogP contribution in [0, 0.1) is 5.41 Å². The molecule has 4 nitrogen and oxygen atoms in total. The second kappa shape index (κ2) is 6.37. The molecule has 1 unspecified atom stereocenters. The van der Waals surface area contributed by atoms with Gasteiger partial charge in [0.25, 0.3) is 5.91 Å². The minimum absolute atomic E-state index is 0.0535. The Morgan fingerprint density at radius 3 is 2.45 bits per heavy atom. The molecule has 1 aliphatic rings. The number of benzene rings is 1. The molecule has 0 bridgehead atoms.